The van der Waals surface area contributed by atoms with Crippen LogP contribution in [0.15, 0.2) is 0 Å². The van der Waals surface area contributed by atoms with Gasteiger partial charge in [0.25, 0.3) is 0 Å². The first-order valence-electron chi connectivity index (χ1n) is 26.0. The van der Waals surface area contributed by atoms with Crippen LogP contribution >= 0.6 is 0 Å². The van der Waals surface area contributed by atoms with E-state index in [1.807, 2.05) is 0 Å². The Morgan fingerprint density at radius 2 is 0.310 bits per heavy atom. The molecule has 348 valence electrons. The second kappa shape index (κ2) is 57.5. The second-order valence-electron chi connectivity index (χ2n) is 17.6. The molecule has 0 saturated heterocycles. The number of hydrogen-bond donors (Lipinski definition) is 3. The largest absolute Gasteiger partial charge is 0.481 e. The van der Waals surface area contributed by atoms with Gasteiger partial charge in [-0.25, -0.2) is 0 Å². The lowest BCUT2D eigenvalue weighted by atomic mass is 10.0. The van der Waals surface area contributed by atoms with Crippen molar-refractivity contribution in [2.75, 3.05) is 0 Å². The van der Waals surface area contributed by atoms with Crippen LogP contribution in [-0.4, -0.2) is 33.2 Å². The molecule has 6 heteroatoms. The zero-order valence-electron chi connectivity index (χ0n) is 39.6. The highest BCUT2D eigenvalue weighted by Gasteiger charge is 2.00. The van der Waals surface area contributed by atoms with Gasteiger partial charge in [-0.3, -0.25) is 14.4 Å². The number of carbonyl (C=O) groups is 3. The van der Waals surface area contributed by atoms with Gasteiger partial charge < -0.3 is 15.3 Å². The van der Waals surface area contributed by atoms with Crippen molar-refractivity contribution in [2.45, 2.75) is 316 Å². The van der Waals surface area contributed by atoms with Gasteiger partial charge in [0, 0.05) is 19.3 Å². The van der Waals surface area contributed by atoms with Crippen LogP contribution in [0.5, 0.6) is 0 Å². The van der Waals surface area contributed by atoms with Gasteiger partial charge in [0.1, 0.15) is 0 Å². The molecule has 0 aliphatic rings. The maximum Gasteiger partial charge on any atom is 0.303 e. The van der Waals surface area contributed by atoms with Crippen molar-refractivity contribution in [3.8, 4) is 0 Å². The molecule has 0 spiro atoms. The summed E-state index contributed by atoms with van der Waals surface area (Å²) in [6, 6.07) is 0. The lowest BCUT2D eigenvalue weighted by Gasteiger charge is -2.03. The van der Waals surface area contributed by atoms with Crippen LogP contribution in [0.1, 0.15) is 316 Å². The molecule has 0 bridgehead atoms. The van der Waals surface area contributed by atoms with Crippen molar-refractivity contribution in [3.63, 3.8) is 0 Å². The highest BCUT2D eigenvalue weighted by Crippen LogP contribution is 2.16. The van der Waals surface area contributed by atoms with Gasteiger partial charge in [-0.05, 0) is 19.3 Å². The molecule has 0 radical (unpaired) electrons. The van der Waals surface area contributed by atoms with Gasteiger partial charge in [-0.15, -0.1) is 0 Å². The summed E-state index contributed by atoms with van der Waals surface area (Å²) in [7, 11) is 0. The number of unbranched alkanes of at least 4 members (excludes halogenated alkanes) is 40. The summed E-state index contributed by atoms with van der Waals surface area (Å²) in [5, 5.41) is 25.5. The summed E-state index contributed by atoms with van der Waals surface area (Å²) in [6.45, 7) is 6.80. The number of aliphatic carboxylic acids is 3. The first-order chi connectivity index (χ1) is 28.3. The zero-order chi connectivity index (χ0) is 43.3. The van der Waals surface area contributed by atoms with Crippen LogP contribution in [0.25, 0.3) is 0 Å². The standard InChI is InChI=1S/2C18H36O2.C16H32O2/c2*1-2-3-4-5-6-7-8-9-10-11-12-13-14-15-16-17-18(19)20;1-2-3-4-5-6-7-8-9-10-11-12-13-14-15-16(17)18/h2*2-17H2,1H3,(H,19,20);2-15H2,1H3,(H,17,18). The van der Waals surface area contributed by atoms with E-state index in [1.165, 1.54) is 238 Å². The maximum absolute atomic E-state index is 10.3. The second-order valence-corrected chi connectivity index (χ2v) is 17.6. The smallest absolute Gasteiger partial charge is 0.303 e. The van der Waals surface area contributed by atoms with Crippen molar-refractivity contribution in [3.05, 3.63) is 0 Å². The molecule has 0 amide bonds. The molecular weight excluding hydrogens is 721 g/mol. The SMILES string of the molecule is CCCCCCCCCCCCCCCC(=O)O.CCCCCCCCCCCCCCCCCC(=O)O.CCCCCCCCCCCCCCCCCC(=O)O. The quantitative estimate of drug-likeness (QED) is 0.0527. The van der Waals surface area contributed by atoms with Gasteiger partial charge in [0.05, 0.1) is 0 Å². The summed E-state index contributed by atoms with van der Waals surface area (Å²) in [5.74, 6) is -1.96. The molecular formula is C52H104O6. The van der Waals surface area contributed by atoms with Crippen molar-refractivity contribution < 1.29 is 29.7 Å². The van der Waals surface area contributed by atoms with Crippen LogP contribution in [-0.2, 0) is 14.4 Å². The summed E-state index contributed by atoms with van der Waals surface area (Å²) in [6.07, 6.45) is 57.7. The molecule has 0 aromatic carbocycles. The molecule has 58 heavy (non-hydrogen) atoms. The number of carboxylic acid groups (broad SMARTS) is 3. The fraction of sp³-hybridized carbons (Fsp3) is 0.942. The predicted molar refractivity (Wildman–Crippen MR) is 252 cm³/mol. The Kier molecular flexibility index (Phi) is 60.2. The first kappa shape index (κ1) is 60.7. The summed E-state index contributed by atoms with van der Waals surface area (Å²) in [4.78, 5) is 31.0. The van der Waals surface area contributed by atoms with Crippen LogP contribution in [0.3, 0.4) is 0 Å². The Balaban J connectivity index is -0.000000784. The molecule has 0 saturated carbocycles. The van der Waals surface area contributed by atoms with Crippen molar-refractivity contribution >= 4 is 17.9 Å². The molecule has 0 rings (SSSR count). The van der Waals surface area contributed by atoms with E-state index in [-0.39, 0.29) is 0 Å². The average molecular weight is 825 g/mol. The average Bonchev–Trinajstić information content (AvgIpc) is 3.20. The van der Waals surface area contributed by atoms with Crippen LogP contribution in [0.4, 0.5) is 0 Å². The van der Waals surface area contributed by atoms with E-state index in [0.29, 0.717) is 19.3 Å². The summed E-state index contributed by atoms with van der Waals surface area (Å²) in [5.41, 5.74) is 0. The third-order valence-corrected chi connectivity index (χ3v) is 11.5. The third kappa shape index (κ3) is 69.1. The van der Waals surface area contributed by atoms with Gasteiger partial charge in [-0.1, -0.05) is 278 Å². The van der Waals surface area contributed by atoms with E-state index < -0.39 is 17.9 Å². The van der Waals surface area contributed by atoms with E-state index >= 15 is 0 Å². The number of hydrogen-bond acceptors (Lipinski definition) is 3. The molecule has 0 aliphatic carbocycles. The third-order valence-electron chi connectivity index (χ3n) is 11.5. The Morgan fingerprint density at radius 1 is 0.207 bits per heavy atom. The monoisotopic (exact) mass is 825 g/mol. The number of carboxylic acids is 3. The first-order valence-corrected chi connectivity index (χ1v) is 26.0. The lowest BCUT2D eigenvalue weighted by Crippen LogP contribution is -1.93. The predicted octanol–water partition coefficient (Wildman–Crippen LogP) is 18.2. The number of rotatable bonds is 46. The Labute approximate surface area is 362 Å². The molecule has 0 unspecified atom stereocenters. The lowest BCUT2D eigenvalue weighted by molar-refractivity contribution is -0.138. The van der Waals surface area contributed by atoms with Crippen molar-refractivity contribution in [1.82, 2.24) is 0 Å². The highest BCUT2D eigenvalue weighted by atomic mass is 16.4. The Hall–Kier alpha value is -1.59. The molecule has 6 nitrogen and oxygen atoms in total. The molecule has 3 N–H and O–H groups in total. The van der Waals surface area contributed by atoms with Gasteiger partial charge in [-0.2, -0.15) is 0 Å². The van der Waals surface area contributed by atoms with Crippen LogP contribution < -0.4 is 0 Å². The molecule has 0 aliphatic heterocycles. The van der Waals surface area contributed by atoms with Gasteiger partial charge >= 0.3 is 17.9 Å². The fourth-order valence-corrected chi connectivity index (χ4v) is 7.59. The normalized spacial score (nSPS) is 10.8. The molecule has 0 aromatic rings. The van der Waals surface area contributed by atoms with E-state index in [9.17, 15) is 14.4 Å². The van der Waals surface area contributed by atoms with E-state index in [0.717, 1.165) is 38.5 Å². The molecule has 0 fully saturated rings. The van der Waals surface area contributed by atoms with Crippen LogP contribution in [0, 0.1) is 0 Å². The zero-order valence-corrected chi connectivity index (χ0v) is 39.6. The van der Waals surface area contributed by atoms with Gasteiger partial charge in [0.15, 0.2) is 0 Å². The molecule has 0 aromatic heterocycles. The van der Waals surface area contributed by atoms with E-state index in [4.69, 9.17) is 15.3 Å². The summed E-state index contributed by atoms with van der Waals surface area (Å²) >= 11 is 0. The van der Waals surface area contributed by atoms with E-state index in [1.54, 1.807) is 0 Å². The van der Waals surface area contributed by atoms with Gasteiger partial charge in [0.2, 0.25) is 0 Å². The summed E-state index contributed by atoms with van der Waals surface area (Å²) < 4.78 is 0. The topological polar surface area (TPSA) is 112 Å². The minimum absolute atomic E-state index is 0.345. The van der Waals surface area contributed by atoms with Crippen LogP contribution in [0.2, 0.25) is 0 Å². The molecule has 0 atom stereocenters. The maximum atomic E-state index is 10.3. The van der Waals surface area contributed by atoms with Crippen molar-refractivity contribution in [1.29, 1.82) is 0 Å². The fourth-order valence-electron chi connectivity index (χ4n) is 7.59. The molecule has 0 heterocycles. The van der Waals surface area contributed by atoms with Crippen molar-refractivity contribution in [2.24, 2.45) is 0 Å². The minimum Gasteiger partial charge on any atom is -0.481 e. The minimum atomic E-state index is -0.655. The Morgan fingerprint density at radius 3 is 0.414 bits per heavy atom. The highest BCUT2D eigenvalue weighted by molar-refractivity contribution is 5.67. The van der Waals surface area contributed by atoms with E-state index in [2.05, 4.69) is 20.8 Å². The Bertz CT molecular complexity index is 740.